The first-order valence-electron chi connectivity index (χ1n) is 11.1. The number of benzene rings is 2. The Morgan fingerprint density at radius 1 is 1.12 bits per heavy atom. The quantitative estimate of drug-likeness (QED) is 0.669. The van der Waals surface area contributed by atoms with Crippen molar-refractivity contribution in [2.45, 2.75) is 25.3 Å². The van der Waals surface area contributed by atoms with E-state index in [0.29, 0.717) is 6.61 Å². The molecule has 8 heteroatoms. The molecule has 0 bridgehead atoms. The summed E-state index contributed by atoms with van der Waals surface area (Å²) < 4.78 is 10.7. The van der Waals surface area contributed by atoms with Gasteiger partial charge in [-0.1, -0.05) is 55.5 Å². The van der Waals surface area contributed by atoms with E-state index in [1.165, 1.54) is 4.90 Å². The first kappa shape index (κ1) is 22.8. The van der Waals surface area contributed by atoms with Gasteiger partial charge in [-0.3, -0.25) is 4.79 Å². The highest BCUT2D eigenvalue weighted by Gasteiger charge is 2.33. The van der Waals surface area contributed by atoms with E-state index in [1.807, 2.05) is 31.2 Å². The molecule has 174 valence electrons. The van der Waals surface area contributed by atoms with Gasteiger partial charge < -0.3 is 24.8 Å². The number of alkyl carbamates (subject to hydrolysis) is 1. The fourth-order valence-electron chi connectivity index (χ4n) is 4.50. The highest BCUT2D eigenvalue weighted by molar-refractivity contribution is 5.84. The number of carboxylic acids is 1. The number of carbonyl (C=O) groups is 3. The van der Waals surface area contributed by atoms with Crippen LogP contribution in [0.15, 0.2) is 48.5 Å². The highest BCUT2D eigenvalue weighted by Crippen LogP contribution is 2.44. The number of fused-ring (bicyclic) bond motifs is 3. The number of nitrogens with one attached hydrogen (secondary N) is 1. The van der Waals surface area contributed by atoms with Crippen LogP contribution in [0, 0.1) is 5.92 Å². The molecule has 1 aliphatic heterocycles. The zero-order valence-corrected chi connectivity index (χ0v) is 18.5. The molecule has 2 aromatic carbocycles. The summed E-state index contributed by atoms with van der Waals surface area (Å²) in [6, 6.07) is 15.3. The number of rotatable bonds is 7. The van der Waals surface area contributed by atoms with E-state index in [4.69, 9.17) is 9.47 Å². The number of ether oxygens (including phenoxy) is 2. The number of hydrogen-bond acceptors (Lipinski definition) is 5. The lowest BCUT2D eigenvalue weighted by atomic mass is 9.98. The molecule has 2 N–H and O–H groups in total. The number of carbonyl (C=O) groups excluding carboxylic acids is 2. The maximum atomic E-state index is 12.6. The summed E-state index contributed by atoms with van der Waals surface area (Å²) in [5.41, 5.74) is 4.61. The molecule has 33 heavy (non-hydrogen) atoms. The molecule has 1 fully saturated rings. The first-order chi connectivity index (χ1) is 16.0. The molecule has 0 saturated carbocycles. The molecule has 1 saturated heterocycles. The predicted octanol–water partition coefficient (Wildman–Crippen LogP) is 2.86. The number of carboxylic acid groups (broad SMARTS) is 1. The maximum Gasteiger partial charge on any atom is 0.407 e. The second-order valence-corrected chi connectivity index (χ2v) is 8.53. The molecule has 2 unspecified atom stereocenters. The third-order valence-corrected chi connectivity index (χ3v) is 6.20. The van der Waals surface area contributed by atoms with Gasteiger partial charge in [0.05, 0.1) is 13.2 Å². The van der Waals surface area contributed by atoms with E-state index in [1.54, 1.807) is 0 Å². The third kappa shape index (κ3) is 5.01. The molecule has 2 atom stereocenters. The van der Waals surface area contributed by atoms with Crippen LogP contribution >= 0.6 is 0 Å². The molecule has 2 aromatic rings. The summed E-state index contributed by atoms with van der Waals surface area (Å²) in [4.78, 5) is 37.6. The molecular weight excluding hydrogens is 424 g/mol. The fraction of sp³-hybridized carbons (Fsp3) is 0.400. The van der Waals surface area contributed by atoms with E-state index in [9.17, 15) is 19.5 Å². The van der Waals surface area contributed by atoms with Crippen LogP contribution in [-0.4, -0.2) is 66.9 Å². The van der Waals surface area contributed by atoms with Gasteiger partial charge in [-0.05, 0) is 28.2 Å². The van der Waals surface area contributed by atoms with Gasteiger partial charge in [0.25, 0.3) is 0 Å². The Morgan fingerprint density at radius 2 is 1.76 bits per heavy atom. The second kappa shape index (κ2) is 10.0. The zero-order valence-electron chi connectivity index (χ0n) is 18.5. The average Bonchev–Trinajstić information content (AvgIpc) is 3.15. The largest absolute Gasteiger partial charge is 0.480 e. The zero-order chi connectivity index (χ0) is 23.4. The van der Waals surface area contributed by atoms with Crippen molar-refractivity contribution in [1.29, 1.82) is 0 Å². The fourth-order valence-corrected chi connectivity index (χ4v) is 4.50. The lowest BCUT2D eigenvalue weighted by Gasteiger charge is -2.33. The van der Waals surface area contributed by atoms with E-state index in [2.05, 4.69) is 29.6 Å². The SMILES string of the molecule is CC(CNC(=O)OCC1c2ccccc2-c2ccccc21)CC(=O)N1CCOCC1C(=O)O. The van der Waals surface area contributed by atoms with Gasteiger partial charge in [0.2, 0.25) is 5.91 Å². The normalized spacial score (nSPS) is 18.2. The van der Waals surface area contributed by atoms with Crippen LogP contribution in [0.5, 0.6) is 0 Å². The minimum atomic E-state index is -1.08. The van der Waals surface area contributed by atoms with Crippen LogP contribution < -0.4 is 5.32 Å². The van der Waals surface area contributed by atoms with Crippen LogP contribution in [-0.2, 0) is 19.1 Å². The molecule has 8 nitrogen and oxygen atoms in total. The molecule has 2 amide bonds. The van der Waals surface area contributed by atoms with Gasteiger partial charge in [-0.2, -0.15) is 0 Å². The highest BCUT2D eigenvalue weighted by atomic mass is 16.5. The van der Waals surface area contributed by atoms with Gasteiger partial charge in [0.15, 0.2) is 6.04 Å². The van der Waals surface area contributed by atoms with Gasteiger partial charge in [0.1, 0.15) is 6.61 Å². The van der Waals surface area contributed by atoms with E-state index in [0.717, 1.165) is 22.3 Å². The Bertz CT molecular complexity index is 994. The number of nitrogens with zero attached hydrogens (tertiary/aromatic N) is 1. The standard InChI is InChI=1S/C25H28N2O6/c1-16(12-23(28)27-10-11-32-15-22(27)24(29)30)13-26-25(31)33-14-21-19-8-4-2-6-17(19)18-7-3-5-9-20(18)21/h2-9,16,21-22H,10-15H2,1H3,(H,26,31)(H,29,30). The van der Waals surface area contributed by atoms with E-state index >= 15 is 0 Å². The molecule has 1 heterocycles. The van der Waals surface area contributed by atoms with Crippen molar-refractivity contribution in [3.05, 3.63) is 59.7 Å². The molecule has 0 spiro atoms. The van der Waals surface area contributed by atoms with Crippen molar-refractivity contribution in [3.63, 3.8) is 0 Å². The summed E-state index contributed by atoms with van der Waals surface area (Å²) in [5, 5.41) is 12.0. The lowest BCUT2D eigenvalue weighted by molar-refractivity contribution is -0.158. The minimum Gasteiger partial charge on any atom is -0.480 e. The smallest absolute Gasteiger partial charge is 0.407 e. The van der Waals surface area contributed by atoms with Gasteiger partial charge in [-0.25, -0.2) is 9.59 Å². The molecule has 0 aromatic heterocycles. The number of hydrogen-bond donors (Lipinski definition) is 2. The van der Waals surface area contributed by atoms with Crippen LogP contribution in [0.1, 0.15) is 30.4 Å². The van der Waals surface area contributed by atoms with Crippen LogP contribution in [0.3, 0.4) is 0 Å². The summed E-state index contributed by atoms with van der Waals surface area (Å²) in [6.45, 7) is 2.88. The Labute approximate surface area is 192 Å². The van der Waals surface area contributed by atoms with Gasteiger partial charge >= 0.3 is 12.1 Å². The molecule has 1 aliphatic carbocycles. The summed E-state index contributed by atoms with van der Waals surface area (Å²) in [6.07, 6.45) is -0.404. The second-order valence-electron chi connectivity index (χ2n) is 8.53. The van der Waals surface area contributed by atoms with E-state index < -0.39 is 18.1 Å². The van der Waals surface area contributed by atoms with Crippen molar-refractivity contribution >= 4 is 18.0 Å². The Hall–Kier alpha value is -3.39. The summed E-state index contributed by atoms with van der Waals surface area (Å²) >= 11 is 0. The minimum absolute atomic E-state index is 0.00649. The van der Waals surface area contributed by atoms with E-state index in [-0.39, 0.29) is 50.5 Å². The third-order valence-electron chi connectivity index (χ3n) is 6.20. The maximum absolute atomic E-state index is 12.6. The number of aliphatic carboxylic acids is 1. The lowest BCUT2D eigenvalue weighted by Crippen LogP contribution is -2.53. The van der Waals surface area contributed by atoms with Crippen LogP contribution in [0.25, 0.3) is 11.1 Å². The van der Waals surface area contributed by atoms with Crippen molar-refractivity contribution in [2.24, 2.45) is 5.92 Å². The predicted molar refractivity (Wildman–Crippen MR) is 121 cm³/mol. The van der Waals surface area contributed by atoms with Crippen molar-refractivity contribution in [2.75, 3.05) is 32.9 Å². The number of amides is 2. The van der Waals surface area contributed by atoms with Crippen LogP contribution in [0.4, 0.5) is 4.79 Å². The first-order valence-corrected chi connectivity index (χ1v) is 11.1. The topological polar surface area (TPSA) is 105 Å². The number of morpholine rings is 1. The Kier molecular flexibility index (Phi) is 6.93. The summed E-state index contributed by atoms with van der Waals surface area (Å²) in [5.74, 6) is -1.52. The molecule has 0 radical (unpaired) electrons. The molecule has 2 aliphatic rings. The van der Waals surface area contributed by atoms with Gasteiger partial charge in [-0.15, -0.1) is 0 Å². The van der Waals surface area contributed by atoms with Crippen molar-refractivity contribution in [3.8, 4) is 11.1 Å². The van der Waals surface area contributed by atoms with Crippen molar-refractivity contribution < 1.29 is 29.0 Å². The van der Waals surface area contributed by atoms with Gasteiger partial charge in [0, 0.05) is 25.4 Å². The molecular formula is C25H28N2O6. The Balaban J connectivity index is 1.27. The summed E-state index contributed by atoms with van der Waals surface area (Å²) in [7, 11) is 0. The van der Waals surface area contributed by atoms with Crippen molar-refractivity contribution in [1.82, 2.24) is 10.2 Å². The van der Waals surface area contributed by atoms with Crippen LogP contribution in [0.2, 0.25) is 0 Å². The average molecular weight is 453 g/mol. The monoisotopic (exact) mass is 452 g/mol. The molecule has 4 rings (SSSR count). The Morgan fingerprint density at radius 3 is 2.39 bits per heavy atom.